The van der Waals surface area contributed by atoms with E-state index in [1.165, 1.54) is 138 Å². The Kier molecular flexibility index (Phi) is 10.3. The molecule has 368 valence electrons. The Hall–Kier alpha value is -9.30. The zero-order chi connectivity index (χ0) is 51.3. The van der Waals surface area contributed by atoms with E-state index in [0.717, 1.165) is 0 Å². The van der Waals surface area contributed by atoms with Crippen LogP contribution < -0.4 is 20.7 Å². The van der Waals surface area contributed by atoms with Crippen LogP contribution in [0.1, 0.15) is 1.43 Å². The maximum absolute atomic E-state index is 3.52. The number of hydrogen-bond donors (Lipinski definition) is 1. The molecule has 3 nitrogen and oxygen atoms in total. The molecule has 0 aliphatic carbocycles. The fourth-order valence-corrected chi connectivity index (χ4v) is 20.2. The van der Waals surface area contributed by atoms with Crippen LogP contribution in [0.15, 0.2) is 279 Å². The van der Waals surface area contributed by atoms with Gasteiger partial charge < -0.3 is 14.1 Å². The molecule has 17 aromatic rings. The van der Waals surface area contributed by atoms with E-state index in [4.69, 9.17) is 0 Å². The van der Waals surface area contributed by atoms with Crippen LogP contribution in [0, 0.1) is 0 Å². The molecule has 0 radical (unpaired) electrons. The Labute approximate surface area is 460 Å². The van der Waals surface area contributed by atoms with E-state index in [-0.39, 0.29) is 1.43 Å². The van der Waals surface area contributed by atoms with Crippen molar-refractivity contribution in [3.05, 3.63) is 279 Å². The molecule has 5 heterocycles. The Morgan fingerprint density at radius 1 is 0.282 bits per heavy atom. The second-order valence-electron chi connectivity index (χ2n) is 20.4. The molecular weight excluding hydrogens is 999 g/mol. The normalized spacial score (nSPS) is 12.1. The zero-order valence-electron chi connectivity index (χ0n) is 42.3. The lowest BCUT2D eigenvalue weighted by Crippen LogP contribution is -2.74. The highest BCUT2D eigenvalue weighted by molar-refractivity contribution is 7.27. The number of fused-ring (bicyclic) bond motifs is 17. The van der Waals surface area contributed by atoms with Crippen molar-refractivity contribution in [3.8, 4) is 11.4 Å². The predicted molar refractivity (Wildman–Crippen MR) is 342 cm³/mol. The highest BCUT2D eigenvalue weighted by Crippen LogP contribution is 2.44. The van der Waals surface area contributed by atoms with Crippen LogP contribution in [-0.2, 0) is 0 Å². The van der Waals surface area contributed by atoms with Gasteiger partial charge in [0.05, 0.1) is 22.1 Å². The van der Waals surface area contributed by atoms with Crippen molar-refractivity contribution in [1.29, 1.82) is 0 Å². The van der Waals surface area contributed by atoms with Gasteiger partial charge >= 0.3 is 0 Å². The van der Waals surface area contributed by atoms with Gasteiger partial charge in [0.2, 0.25) is 0 Å². The van der Waals surface area contributed by atoms with Crippen molar-refractivity contribution in [2.45, 2.75) is 0 Å². The lowest BCUT2D eigenvalue weighted by Gasteiger charge is -2.35. The van der Waals surface area contributed by atoms with E-state index < -0.39 is 8.07 Å². The molecule has 0 atom stereocenters. The molecular formula is C72H49N3S2Si. The maximum Gasteiger partial charge on any atom is 0.179 e. The average Bonchev–Trinajstić information content (AvgIpc) is 4.44. The summed E-state index contributed by atoms with van der Waals surface area (Å²) in [7, 11) is -2.87. The first-order chi connectivity index (χ1) is 38.7. The fourth-order valence-electron chi connectivity index (χ4n) is 12.9. The second-order valence-corrected chi connectivity index (χ2v) is 26.3. The molecule has 0 aliphatic heterocycles. The van der Waals surface area contributed by atoms with E-state index in [0.29, 0.717) is 0 Å². The Balaban J connectivity index is 0.000000215. The van der Waals surface area contributed by atoms with Gasteiger partial charge in [-0.3, -0.25) is 0 Å². The van der Waals surface area contributed by atoms with E-state index in [2.05, 4.69) is 293 Å². The summed E-state index contributed by atoms with van der Waals surface area (Å²) < 4.78 is 10.4. The molecule has 0 amide bonds. The van der Waals surface area contributed by atoms with Gasteiger partial charge in [-0.2, -0.15) is 0 Å². The van der Waals surface area contributed by atoms with Crippen LogP contribution in [-0.4, -0.2) is 22.2 Å². The highest BCUT2D eigenvalue weighted by Gasteiger charge is 2.42. The molecule has 0 fully saturated rings. The Morgan fingerprint density at radius 2 is 0.744 bits per heavy atom. The monoisotopic (exact) mass is 1050 g/mol. The number of thiophene rings is 2. The summed E-state index contributed by atoms with van der Waals surface area (Å²) >= 11 is 3.80. The molecule has 0 aliphatic rings. The second kappa shape index (κ2) is 17.9. The van der Waals surface area contributed by atoms with Gasteiger partial charge in [0.15, 0.2) is 8.07 Å². The van der Waals surface area contributed by atoms with Gasteiger partial charge in [-0.25, -0.2) is 0 Å². The lowest BCUT2D eigenvalue weighted by molar-refractivity contribution is 1.18. The van der Waals surface area contributed by atoms with Crippen LogP contribution >= 0.6 is 22.7 Å². The Morgan fingerprint density at radius 3 is 1.37 bits per heavy atom. The zero-order valence-corrected chi connectivity index (χ0v) is 44.9. The van der Waals surface area contributed by atoms with Crippen LogP contribution in [0.4, 0.5) is 0 Å². The third-order valence-electron chi connectivity index (χ3n) is 16.3. The smallest absolute Gasteiger partial charge is 0.179 e. The molecule has 0 saturated heterocycles. The average molecular weight is 1050 g/mol. The highest BCUT2D eigenvalue weighted by atomic mass is 32.1. The predicted octanol–water partition coefficient (Wildman–Crippen LogP) is 17.6. The molecule has 6 heteroatoms. The quantitative estimate of drug-likeness (QED) is 0.127. The number of nitrogens with zero attached hydrogens (tertiary/aromatic N) is 2. The third-order valence-corrected chi connectivity index (χ3v) is 23.5. The molecule has 0 unspecified atom stereocenters. The number of benzene rings is 12. The van der Waals surface area contributed by atoms with Gasteiger partial charge in [-0.15, -0.1) is 22.7 Å². The van der Waals surface area contributed by atoms with Crippen LogP contribution in [0.5, 0.6) is 0 Å². The van der Waals surface area contributed by atoms with Gasteiger partial charge in [0.1, 0.15) is 0 Å². The van der Waals surface area contributed by atoms with Gasteiger partial charge in [-0.05, 0) is 93.5 Å². The van der Waals surface area contributed by atoms with E-state index >= 15 is 0 Å². The summed E-state index contributed by atoms with van der Waals surface area (Å²) in [5, 5.41) is 18.6. The molecule has 5 aromatic heterocycles. The SMILES string of the molecule is [2HH].c1ccc([Si](c2ccccc2)(c2ccc(-n3c4ccccc4c4c5sc6ccccc6c5ccc43)cc2)c2cccc(-n3c4ccccc4c4ccccc43)c2)cc1.c1ccc2c(c1)[nH]c1ccc3c4ccccc4sc3c12. The van der Waals surface area contributed by atoms with E-state index in [9.17, 15) is 0 Å². The molecule has 12 aromatic carbocycles. The van der Waals surface area contributed by atoms with E-state index in [1.807, 2.05) is 22.7 Å². The third kappa shape index (κ3) is 6.74. The van der Waals surface area contributed by atoms with Gasteiger partial charge in [0.25, 0.3) is 0 Å². The molecule has 78 heavy (non-hydrogen) atoms. The van der Waals surface area contributed by atoms with Crippen molar-refractivity contribution >= 4 is 157 Å². The number of nitrogens with one attached hydrogen (secondary N) is 1. The van der Waals surface area contributed by atoms with Crippen molar-refractivity contribution < 1.29 is 1.43 Å². The van der Waals surface area contributed by atoms with Crippen molar-refractivity contribution in [2.75, 3.05) is 0 Å². The van der Waals surface area contributed by atoms with Crippen LogP contribution in [0.3, 0.4) is 0 Å². The summed E-state index contributed by atoms with van der Waals surface area (Å²) in [5.74, 6) is 0. The summed E-state index contributed by atoms with van der Waals surface area (Å²) in [4.78, 5) is 3.52. The van der Waals surface area contributed by atoms with Gasteiger partial charge in [0, 0.05) is 96.5 Å². The molecule has 1 N–H and O–H groups in total. The summed E-state index contributed by atoms with van der Waals surface area (Å²) in [6.07, 6.45) is 0. The molecule has 0 saturated carbocycles. The molecule has 0 bridgehead atoms. The van der Waals surface area contributed by atoms with Gasteiger partial charge in [-0.1, -0.05) is 206 Å². The minimum absolute atomic E-state index is 0. The summed E-state index contributed by atoms with van der Waals surface area (Å²) in [6, 6.07) is 103. The van der Waals surface area contributed by atoms with Crippen molar-refractivity contribution in [2.24, 2.45) is 0 Å². The first kappa shape index (κ1) is 44.9. The number of H-pyrrole nitrogens is 1. The first-order valence-corrected chi connectivity index (χ1v) is 30.3. The minimum Gasteiger partial charge on any atom is -0.354 e. The number of hydrogen-bond acceptors (Lipinski definition) is 2. The number of rotatable bonds is 6. The largest absolute Gasteiger partial charge is 0.354 e. The minimum atomic E-state index is -2.87. The standard InChI is InChI=1S/C54H36N2SSi.C18H11NS.H2/c1-3-17-39(18-4-1)58(40-19-5-2-6-20-40,42-21-15-16-38(36-42)56-48-26-11-7-22-43(48)44-23-8-12-27-49(44)56)41-32-30-37(31-33-41)55-50-28-13-9-25-47(50)53-51(55)35-34-46-45-24-10-14-29-52(45)57-54(46)53;1-3-7-14-13(6-1)17-15(19-14)10-9-12-11-5-2-4-8-16(11)20-18(12)17;/h1-36H;1-10,19H;1H/i;;1+1. The summed E-state index contributed by atoms with van der Waals surface area (Å²) in [6.45, 7) is 0. The number of para-hydroxylation sites is 4. The lowest BCUT2D eigenvalue weighted by atomic mass is 10.1. The van der Waals surface area contributed by atoms with Crippen LogP contribution in [0.2, 0.25) is 0 Å². The molecule has 0 spiro atoms. The summed E-state index contributed by atoms with van der Waals surface area (Å²) in [5.41, 5.74) is 9.68. The maximum atomic E-state index is 3.52. The first-order valence-electron chi connectivity index (χ1n) is 26.7. The fraction of sp³-hybridized carbons (Fsp3) is 0. The van der Waals surface area contributed by atoms with Crippen LogP contribution in [0.25, 0.3) is 117 Å². The van der Waals surface area contributed by atoms with Crippen molar-refractivity contribution in [1.82, 2.24) is 14.1 Å². The number of aromatic amines is 1. The van der Waals surface area contributed by atoms with E-state index in [1.54, 1.807) is 0 Å². The number of aromatic nitrogens is 3. The topological polar surface area (TPSA) is 25.6 Å². The molecule has 17 rings (SSSR count). The Bertz CT molecular complexity index is 5070. The van der Waals surface area contributed by atoms with Crippen molar-refractivity contribution in [3.63, 3.8) is 0 Å².